The maximum absolute atomic E-state index is 12.9. The van der Waals surface area contributed by atoms with Crippen LogP contribution in [0.1, 0.15) is 55.2 Å². The fraction of sp³-hybridized carbons (Fsp3) is 0.579. The van der Waals surface area contributed by atoms with E-state index >= 15 is 0 Å². The highest BCUT2D eigenvalue weighted by atomic mass is 19.4. The number of alkyl halides is 3. The second-order valence-electron chi connectivity index (χ2n) is 6.44. The number of ether oxygens (including phenoxy) is 1. The molecule has 7 heteroatoms. The number of hydrogen-bond donors (Lipinski definition) is 0. The van der Waals surface area contributed by atoms with Crippen LogP contribution >= 0.6 is 0 Å². The molecule has 1 aliphatic carbocycles. The van der Waals surface area contributed by atoms with Crippen molar-refractivity contribution in [2.45, 2.75) is 51.2 Å². The van der Waals surface area contributed by atoms with E-state index in [4.69, 9.17) is 4.74 Å². The monoisotopic (exact) mass is 368 g/mol. The zero-order valence-corrected chi connectivity index (χ0v) is 14.8. The Labute approximate surface area is 151 Å². The molecule has 1 aromatic rings. The largest absolute Gasteiger partial charge is 0.471 e. The first-order chi connectivity index (χ1) is 12.4. The summed E-state index contributed by atoms with van der Waals surface area (Å²) >= 11 is 0. The molecule has 0 spiro atoms. The van der Waals surface area contributed by atoms with Crippen molar-refractivity contribution in [1.82, 2.24) is 4.90 Å². The summed E-state index contributed by atoms with van der Waals surface area (Å²) in [6, 6.07) is 7.23. The summed E-state index contributed by atoms with van der Waals surface area (Å²) < 4.78 is 43.8. The average Bonchev–Trinajstić information content (AvgIpc) is 3.44. The van der Waals surface area contributed by atoms with Crippen LogP contribution < -0.4 is 0 Å². The average molecular weight is 368 g/mol. The zero-order chi connectivity index (χ0) is 19.2. The lowest BCUT2D eigenvalue weighted by atomic mass is 10.0. The summed E-state index contributed by atoms with van der Waals surface area (Å²) in [6.45, 7) is 2.69. The number of nitrogens with zero attached hydrogens (tertiary/aromatic N) is 2. The molecule has 142 valence electrons. The van der Waals surface area contributed by atoms with Gasteiger partial charge in [-0.3, -0.25) is 4.79 Å². The number of amides is 1. The van der Waals surface area contributed by atoms with Gasteiger partial charge in [-0.2, -0.15) is 18.4 Å². The number of hydrogen-bond acceptors (Lipinski definition) is 3. The minimum Gasteiger partial charge on any atom is -0.382 e. The van der Waals surface area contributed by atoms with Crippen molar-refractivity contribution in [3.63, 3.8) is 0 Å². The van der Waals surface area contributed by atoms with Crippen LogP contribution in [0.5, 0.6) is 0 Å². The van der Waals surface area contributed by atoms with Crippen molar-refractivity contribution in [3.05, 3.63) is 34.9 Å². The van der Waals surface area contributed by atoms with Crippen molar-refractivity contribution < 1.29 is 22.7 Å². The van der Waals surface area contributed by atoms with Crippen molar-refractivity contribution in [1.29, 1.82) is 5.26 Å². The Kier molecular flexibility index (Phi) is 7.04. The highest BCUT2D eigenvalue weighted by Gasteiger charge is 2.42. The molecule has 4 nitrogen and oxygen atoms in total. The lowest BCUT2D eigenvalue weighted by Gasteiger charge is -2.24. The molecule has 1 amide bonds. The molecule has 1 fully saturated rings. The number of nitriles is 1. The van der Waals surface area contributed by atoms with Gasteiger partial charge < -0.3 is 9.64 Å². The molecule has 0 aromatic heterocycles. The lowest BCUT2D eigenvalue weighted by molar-refractivity contribution is -0.186. The SMILES string of the molecule is CCOCCCCN(Cc1ccc(C2CC2)c(C#N)c1)C(=O)C(F)(F)F. The fourth-order valence-electron chi connectivity index (χ4n) is 2.85. The number of benzene rings is 1. The van der Waals surface area contributed by atoms with Gasteiger partial charge in [-0.15, -0.1) is 0 Å². The summed E-state index contributed by atoms with van der Waals surface area (Å²) in [5.41, 5.74) is 1.97. The van der Waals surface area contributed by atoms with E-state index in [1.807, 2.05) is 6.92 Å². The Morgan fingerprint density at radius 1 is 1.35 bits per heavy atom. The van der Waals surface area contributed by atoms with Crippen molar-refractivity contribution >= 4 is 5.91 Å². The number of rotatable bonds is 9. The Morgan fingerprint density at radius 2 is 2.08 bits per heavy atom. The zero-order valence-electron chi connectivity index (χ0n) is 14.8. The normalized spacial score (nSPS) is 14.1. The van der Waals surface area contributed by atoms with Crippen molar-refractivity contribution in [2.24, 2.45) is 0 Å². The quantitative estimate of drug-likeness (QED) is 0.616. The van der Waals surface area contributed by atoms with Crippen LogP contribution in [0, 0.1) is 11.3 Å². The van der Waals surface area contributed by atoms with Gasteiger partial charge in [-0.25, -0.2) is 0 Å². The first kappa shape index (κ1) is 20.2. The van der Waals surface area contributed by atoms with Gasteiger partial charge in [-0.05, 0) is 55.7 Å². The molecule has 0 bridgehead atoms. The number of carbonyl (C=O) groups excluding carboxylic acids is 1. The lowest BCUT2D eigenvalue weighted by Crippen LogP contribution is -2.41. The van der Waals surface area contributed by atoms with Crippen molar-refractivity contribution in [3.8, 4) is 6.07 Å². The third-order valence-corrected chi connectivity index (χ3v) is 4.33. The Morgan fingerprint density at radius 3 is 2.65 bits per heavy atom. The van der Waals surface area contributed by atoms with E-state index in [-0.39, 0.29) is 13.1 Å². The summed E-state index contributed by atoms with van der Waals surface area (Å²) in [4.78, 5) is 12.5. The van der Waals surface area contributed by atoms with E-state index in [9.17, 15) is 23.2 Å². The first-order valence-electron chi connectivity index (χ1n) is 8.83. The maximum atomic E-state index is 12.9. The van der Waals surface area contributed by atoms with Crippen LogP contribution in [0.2, 0.25) is 0 Å². The standard InChI is InChI=1S/C19H23F3N2O2/c1-2-26-10-4-3-9-24(18(25)19(20,21)22)13-14-5-8-17(15-6-7-15)16(11-14)12-23/h5,8,11,15H,2-4,6-7,9-10,13H2,1H3. The van der Waals surface area contributed by atoms with Crippen LogP contribution in [-0.4, -0.2) is 36.7 Å². The summed E-state index contributed by atoms with van der Waals surface area (Å²) in [6.07, 6.45) is -1.84. The molecule has 2 rings (SSSR count). The Hall–Kier alpha value is -2.07. The van der Waals surface area contributed by atoms with Gasteiger partial charge in [0.25, 0.3) is 0 Å². The molecule has 0 unspecified atom stereocenters. The molecule has 0 saturated heterocycles. The highest BCUT2D eigenvalue weighted by molar-refractivity contribution is 5.81. The van der Waals surface area contributed by atoms with E-state index in [1.165, 1.54) is 0 Å². The molecular weight excluding hydrogens is 345 g/mol. The van der Waals surface area contributed by atoms with Gasteiger partial charge in [0, 0.05) is 26.3 Å². The topological polar surface area (TPSA) is 53.3 Å². The van der Waals surface area contributed by atoms with Gasteiger partial charge >= 0.3 is 12.1 Å². The van der Waals surface area contributed by atoms with Crippen molar-refractivity contribution in [2.75, 3.05) is 19.8 Å². The van der Waals surface area contributed by atoms with E-state index < -0.39 is 12.1 Å². The summed E-state index contributed by atoms with van der Waals surface area (Å²) in [5.74, 6) is -1.47. The van der Waals surface area contributed by atoms with Gasteiger partial charge in [0.15, 0.2) is 0 Å². The van der Waals surface area contributed by atoms with Gasteiger partial charge in [-0.1, -0.05) is 12.1 Å². The third-order valence-electron chi connectivity index (χ3n) is 4.33. The predicted molar refractivity (Wildman–Crippen MR) is 90.3 cm³/mol. The number of carbonyl (C=O) groups is 1. The van der Waals surface area contributed by atoms with E-state index in [0.717, 1.165) is 23.3 Å². The minimum atomic E-state index is -4.91. The molecule has 0 heterocycles. The Bertz CT molecular complexity index is 664. The highest BCUT2D eigenvalue weighted by Crippen LogP contribution is 2.41. The molecule has 0 aliphatic heterocycles. The fourth-order valence-corrected chi connectivity index (χ4v) is 2.85. The molecule has 26 heavy (non-hydrogen) atoms. The number of unbranched alkanes of at least 4 members (excludes halogenated alkanes) is 1. The third kappa shape index (κ3) is 5.73. The van der Waals surface area contributed by atoms with Crippen LogP contribution in [0.15, 0.2) is 18.2 Å². The van der Waals surface area contributed by atoms with Gasteiger partial charge in [0.2, 0.25) is 0 Å². The van der Waals surface area contributed by atoms with E-state index in [1.54, 1.807) is 18.2 Å². The molecule has 1 saturated carbocycles. The minimum absolute atomic E-state index is 0.00230. The van der Waals surface area contributed by atoms with Gasteiger partial charge in [0.05, 0.1) is 11.6 Å². The first-order valence-corrected chi connectivity index (χ1v) is 8.83. The molecule has 0 radical (unpaired) electrons. The molecular formula is C19H23F3N2O2. The Balaban J connectivity index is 2.07. The summed E-state index contributed by atoms with van der Waals surface area (Å²) in [5, 5.41) is 9.29. The predicted octanol–water partition coefficient (Wildman–Crippen LogP) is 4.14. The maximum Gasteiger partial charge on any atom is 0.471 e. The van der Waals surface area contributed by atoms with Crippen LogP contribution in [-0.2, 0) is 16.1 Å². The molecule has 1 aromatic carbocycles. The van der Waals surface area contributed by atoms with Crippen LogP contribution in [0.3, 0.4) is 0 Å². The number of halogens is 3. The molecule has 0 atom stereocenters. The second-order valence-corrected chi connectivity index (χ2v) is 6.44. The summed E-state index contributed by atoms with van der Waals surface area (Å²) in [7, 11) is 0. The second kappa shape index (κ2) is 9.04. The van der Waals surface area contributed by atoms with E-state index in [2.05, 4.69) is 6.07 Å². The smallest absolute Gasteiger partial charge is 0.382 e. The van der Waals surface area contributed by atoms with Crippen LogP contribution in [0.25, 0.3) is 0 Å². The molecule has 0 N–H and O–H groups in total. The van der Waals surface area contributed by atoms with Gasteiger partial charge in [0.1, 0.15) is 0 Å². The van der Waals surface area contributed by atoms with E-state index in [0.29, 0.717) is 43.1 Å². The van der Waals surface area contributed by atoms with Crippen LogP contribution in [0.4, 0.5) is 13.2 Å². The molecule has 1 aliphatic rings.